The Kier molecular flexibility index (Phi) is 3.95. The fourth-order valence-corrected chi connectivity index (χ4v) is 5.17. The monoisotopic (exact) mass is 367 g/mol. The third kappa shape index (κ3) is 2.64. The summed E-state index contributed by atoms with van der Waals surface area (Å²) in [6.45, 7) is 4.58. The van der Waals surface area contributed by atoms with Gasteiger partial charge < -0.3 is 0 Å². The Hall–Kier alpha value is -2.71. The first-order chi connectivity index (χ1) is 13.3. The minimum atomic E-state index is 0.503. The van der Waals surface area contributed by atoms with Crippen LogP contribution in [0, 0.1) is 0 Å². The number of rotatable bonds is 3. The molecule has 132 valence electrons. The molecule has 1 unspecified atom stereocenters. The van der Waals surface area contributed by atoms with Crippen LogP contribution in [0.5, 0.6) is 0 Å². The number of hydrogen-bond acceptors (Lipinski definition) is 2. The normalized spacial score (nSPS) is 12.8. The fraction of sp³-hybridized carbons (Fsp3) is 0.160. The van der Waals surface area contributed by atoms with Crippen LogP contribution in [0.1, 0.15) is 31.7 Å². The van der Waals surface area contributed by atoms with Gasteiger partial charge >= 0.3 is 0 Å². The van der Waals surface area contributed by atoms with Gasteiger partial charge in [-0.1, -0.05) is 68.4 Å². The lowest BCUT2D eigenvalue weighted by Crippen LogP contribution is -1.97. The summed E-state index contributed by atoms with van der Waals surface area (Å²) in [5.41, 5.74) is 4.86. The van der Waals surface area contributed by atoms with Gasteiger partial charge in [0.2, 0.25) is 0 Å². The van der Waals surface area contributed by atoms with E-state index in [9.17, 15) is 0 Å². The number of para-hydroxylation sites is 1. The predicted octanol–water partition coefficient (Wildman–Crippen LogP) is 7.78. The van der Waals surface area contributed by atoms with Gasteiger partial charge in [-0.3, -0.25) is 0 Å². The lowest BCUT2D eigenvalue weighted by atomic mass is 9.90. The number of aromatic nitrogens is 1. The standard InChI is InChI=1S/C25H21NS/c1-3-16(2)18-13-14-20-19-9-5-7-11-23(19)27-25(20)24(18)22-15-12-17-8-4-6-10-21(17)26-22/h4-16H,3H2,1-2H3. The van der Waals surface area contributed by atoms with Crippen molar-refractivity contribution in [3.05, 3.63) is 78.4 Å². The smallest absolute Gasteiger partial charge is 0.0727 e. The highest BCUT2D eigenvalue weighted by atomic mass is 32.1. The van der Waals surface area contributed by atoms with Crippen molar-refractivity contribution < 1.29 is 0 Å². The molecule has 5 aromatic rings. The van der Waals surface area contributed by atoms with Crippen LogP contribution < -0.4 is 0 Å². The molecular weight excluding hydrogens is 346 g/mol. The molecule has 0 aliphatic carbocycles. The highest BCUT2D eigenvalue weighted by Gasteiger charge is 2.18. The van der Waals surface area contributed by atoms with Crippen LogP contribution in [0.25, 0.3) is 42.3 Å². The minimum absolute atomic E-state index is 0.503. The third-order valence-electron chi connectivity index (χ3n) is 5.58. The van der Waals surface area contributed by atoms with Crippen molar-refractivity contribution in [2.75, 3.05) is 0 Å². The van der Waals surface area contributed by atoms with Crippen molar-refractivity contribution in [3.8, 4) is 11.3 Å². The van der Waals surface area contributed by atoms with E-state index in [1.54, 1.807) is 0 Å². The van der Waals surface area contributed by atoms with Gasteiger partial charge in [0.15, 0.2) is 0 Å². The van der Waals surface area contributed by atoms with E-state index in [1.807, 2.05) is 11.3 Å². The number of fused-ring (bicyclic) bond motifs is 4. The average molecular weight is 368 g/mol. The Morgan fingerprint density at radius 2 is 1.67 bits per heavy atom. The van der Waals surface area contributed by atoms with E-state index < -0.39 is 0 Å². The Morgan fingerprint density at radius 1 is 0.852 bits per heavy atom. The van der Waals surface area contributed by atoms with Crippen LogP contribution >= 0.6 is 11.3 Å². The first-order valence-electron chi connectivity index (χ1n) is 9.56. The van der Waals surface area contributed by atoms with E-state index in [2.05, 4.69) is 86.6 Å². The Balaban J connectivity index is 1.88. The lowest BCUT2D eigenvalue weighted by Gasteiger charge is -2.16. The van der Waals surface area contributed by atoms with Crippen molar-refractivity contribution >= 4 is 42.4 Å². The Labute approximate surface area is 163 Å². The first-order valence-corrected chi connectivity index (χ1v) is 10.4. The van der Waals surface area contributed by atoms with Crippen molar-refractivity contribution in [1.29, 1.82) is 0 Å². The number of hydrogen-bond donors (Lipinski definition) is 0. The van der Waals surface area contributed by atoms with Crippen LogP contribution in [0.3, 0.4) is 0 Å². The maximum atomic E-state index is 5.05. The second-order valence-electron chi connectivity index (χ2n) is 7.20. The summed E-state index contributed by atoms with van der Waals surface area (Å²) in [5, 5.41) is 3.87. The molecule has 2 heteroatoms. The molecule has 1 nitrogen and oxygen atoms in total. The molecule has 0 spiro atoms. The lowest BCUT2D eigenvalue weighted by molar-refractivity contribution is 0.736. The molecule has 27 heavy (non-hydrogen) atoms. The summed E-state index contributed by atoms with van der Waals surface area (Å²) < 4.78 is 2.70. The summed E-state index contributed by atoms with van der Waals surface area (Å²) in [7, 11) is 0. The van der Waals surface area contributed by atoms with Gasteiger partial charge in [-0.25, -0.2) is 4.98 Å². The van der Waals surface area contributed by atoms with Gasteiger partial charge in [0.25, 0.3) is 0 Å². The molecule has 2 aromatic heterocycles. The average Bonchev–Trinajstić information content (AvgIpc) is 3.10. The summed E-state index contributed by atoms with van der Waals surface area (Å²) in [5.74, 6) is 0.503. The minimum Gasteiger partial charge on any atom is -0.248 e. The number of thiophene rings is 1. The van der Waals surface area contributed by atoms with Crippen LogP contribution in [0.2, 0.25) is 0 Å². The number of pyridine rings is 1. The molecule has 2 heterocycles. The van der Waals surface area contributed by atoms with Crippen LogP contribution in [0.4, 0.5) is 0 Å². The highest BCUT2D eigenvalue weighted by Crippen LogP contribution is 2.43. The van der Waals surface area contributed by atoms with Crippen molar-refractivity contribution in [3.63, 3.8) is 0 Å². The van der Waals surface area contributed by atoms with Gasteiger partial charge in [0.1, 0.15) is 0 Å². The molecule has 3 aromatic carbocycles. The van der Waals surface area contributed by atoms with Crippen LogP contribution in [0.15, 0.2) is 72.8 Å². The molecule has 0 aliphatic rings. The number of nitrogens with zero attached hydrogens (tertiary/aromatic N) is 1. The van der Waals surface area contributed by atoms with Crippen LogP contribution in [-0.2, 0) is 0 Å². The maximum Gasteiger partial charge on any atom is 0.0727 e. The van der Waals surface area contributed by atoms with E-state index >= 15 is 0 Å². The summed E-state index contributed by atoms with van der Waals surface area (Å²) >= 11 is 1.89. The summed E-state index contributed by atoms with van der Waals surface area (Å²) in [4.78, 5) is 5.05. The summed E-state index contributed by atoms with van der Waals surface area (Å²) in [6.07, 6.45) is 1.12. The van der Waals surface area contributed by atoms with Gasteiger partial charge in [0.05, 0.1) is 11.2 Å². The molecule has 0 radical (unpaired) electrons. The van der Waals surface area contributed by atoms with Crippen molar-refractivity contribution in [2.45, 2.75) is 26.2 Å². The second kappa shape index (κ2) is 6.47. The fourth-order valence-electron chi connectivity index (χ4n) is 3.90. The van der Waals surface area contributed by atoms with E-state index in [1.165, 1.54) is 36.7 Å². The largest absolute Gasteiger partial charge is 0.248 e. The second-order valence-corrected chi connectivity index (χ2v) is 8.26. The van der Waals surface area contributed by atoms with Crippen molar-refractivity contribution in [1.82, 2.24) is 4.98 Å². The molecule has 0 saturated heterocycles. The van der Waals surface area contributed by atoms with E-state index in [-0.39, 0.29) is 0 Å². The van der Waals surface area contributed by atoms with Gasteiger partial charge in [-0.15, -0.1) is 11.3 Å². The molecule has 0 amide bonds. The van der Waals surface area contributed by atoms with Crippen LogP contribution in [-0.4, -0.2) is 4.98 Å². The number of benzene rings is 3. The molecule has 0 fully saturated rings. The van der Waals surface area contributed by atoms with E-state index in [0.717, 1.165) is 17.6 Å². The van der Waals surface area contributed by atoms with Gasteiger partial charge in [-0.05, 0) is 36.1 Å². The molecule has 5 rings (SSSR count). The predicted molar refractivity (Wildman–Crippen MR) is 119 cm³/mol. The highest BCUT2D eigenvalue weighted by molar-refractivity contribution is 7.26. The van der Waals surface area contributed by atoms with Crippen molar-refractivity contribution in [2.24, 2.45) is 0 Å². The molecule has 0 bridgehead atoms. The maximum absolute atomic E-state index is 5.05. The third-order valence-corrected chi connectivity index (χ3v) is 6.78. The van der Waals surface area contributed by atoms with Gasteiger partial charge in [-0.2, -0.15) is 0 Å². The summed E-state index contributed by atoms with van der Waals surface area (Å²) in [6, 6.07) is 26.1. The molecule has 0 aliphatic heterocycles. The first kappa shape index (κ1) is 16.5. The SMILES string of the molecule is CCC(C)c1ccc2c(sc3ccccc32)c1-c1ccc2ccccc2n1. The molecule has 0 saturated carbocycles. The Bertz CT molecular complexity index is 1280. The van der Waals surface area contributed by atoms with E-state index in [4.69, 9.17) is 4.98 Å². The molecular formula is C25H21NS. The quantitative estimate of drug-likeness (QED) is 0.317. The molecule has 0 N–H and O–H groups in total. The molecule has 1 atom stereocenters. The van der Waals surface area contributed by atoms with E-state index in [0.29, 0.717) is 5.92 Å². The van der Waals surface area contributed by atoms with Gasteiger partial charge in [0, 0.05) is 31.1 Å². The Morgan fingerprint density at radius 3 is 2.56 bits per heavy atom. The topological polar surface area (TPSA) is 12.9 Å². The zero-order chi connectivity index (χ0) is 18.4. The zero-order valence-corrected chi connectivity index (χ0v) is 16.4. The zero-order valence-electron chi connectivity index (χ0n) is 15.6.